The number of primary amides is 1. The molecule has 0 aliphatic carbocycles. The summed E-state index contributed by atoms with van der Waals surface area (Å²) in [7, 11) is 0. The average molecular weight is 312 g/mol. The summed E-state index contributed by atoms with van der Waals surface area (Å²) in [6.45, 7) is 3.41. The molecule has 0 unspecified atom stereocenters. The topological polar surface area (TPSA) is 89.5 Å². The van der Waals surface area contributed by atoms with Crippen LogP contribution >= 0.6 is 11.6 Å². The lowest BCUT2D eigenvalue weighted by atomic mass is 9.95. The molecule has 4 N–H and O–H groups in total. The van der Waals surface area contributed by atoms with E-state index >= 15 is 0 Å². The molecule has 1 aromatic heterocycles. The van der Waals surface area contributed by atoms with Gasteiger partial charge in [-0.25, -0.2) is 4.98 Å². The summed E-state index contributed by atoms with van der Waals surface area (Å²) in [4.78, 5) is 28.5. The van der Waals surface area contributed by atoms with E-state index in [4.69, 9.17) is 17.3 Å². The Morgan fingerprint density at radius 2 is 2.14 bits per heavy atom. The van der Waals surface area contributed by atoms with Crippen molar-refractivity contribution in [3.8, 4) is 0 Å². The number of hydrogen-bond acceptors (Lipinski definition) is 3. The second-order valence-corrected chi connectivity index (χ2v) is 5.75. The fourth-order valence-corrected chi connectivity index (χ4v) is 2.78. The van der Waals surface area contributed by atoms with Crippen molar-refractivity contribution < 1.29 is 14.5 Å². The number of halogens is 1. The molecule has 1 fully saturated rings. The van der Waals surface area contributed by atoms with Crippen molar-refractivity contribution in [2.45, 2.75) is 25.8 Å². The van der Waals surface area contributed by atoms with Gasteiger partial charge in [-0.3, -0.25) is 9.59 Å². The van der Waals surface area contributed by atoms with Crippen molar-refractivity contribution in [3.05, 3.63) is 23.5 Å². The molecule has 0 aromatic carbocycles. The van der Waals surface area contributed by atoms with E-state index < -0.39 is 0 Å². The molecule has 1 aliphatic heterocycles. The van der Waals surface area contributed by atoms with Crippen LogP contribution in [-0.4, -0.2) is 35.9 Å². The molecule has 114 valence electrons. The largest absolute Gasteiger partial charge is 0.369 e. The number of nitrogens with one attached hydrogen (secondary N) is 2. The van der Waals surface area contributed by atoms with Crippen molar-refractivity contribution in [2.75, 3.05) is 18.4 Å². The number of carbonyl (C=O) groups is 2. The lowest BCUT2D eigenvalue weighted by Gasteiger charge is -2.31. The molecule has 2 heterocycles. The van der Waals surface area contributed by atoms with E-state index in [1.54, 1.807) is 18.3 Å². The van der Waals surface area contributed by atoms with Crippen molar-refractivity contribution in [1.29, 1.82) is 0 Å². The zero-order valence-electron chi connectivity index (χ0n) is 11.9. The van der Waals surface area contributed by atoms with Crippen LogP contribution in [0.2, 0.25) is 5.15 Å². The third kappa shape index (κ3) is 3.92. The highest BCUT2D eigenvalue weighted by Gasteiger charge is 2.32. The molecule has 1 atom stereocenters. The predicted octanol–water partition coefficient (Wildman–Crippen LogP) is -0.158. The number of carbonyl (C=O) groups excluding carboxylic acids is 2. The Hall–Kier alpha value is -1.66. The van der Waals surface area contributed by atoms with Gasteiger partial charge in [-0.2, -0.15) is 0 Å². The van der Waals surface area contributed by atoms with E-state index in [2.05, 4.69) is 10.3 Å². The van der Waals surface area contributed by atoms with Gasteiger partial charge in [0.05, 0.1) is 18.8 Å². The van der Waals surface area contributed by atoms with Gasteiger partial charge in [0.25, 0.3) is 5.91 Å². The van der Waals surface area contributed by atoms with Gasteiger partial charge in [0.2, 0.25) is 5.91 Å². The van der Waals surface area contributed by atoms with E-state index in [-0.39, 0.29) is 28.9 Å². The van der Waals surface area contributed by atoms with Crippen LogP contribution in [0.4, 0.5) is 5.69 Å². The third-order valence-electron chi connectivity index (χ3n) is 4.05. The fourth-order valence-electron chi connectivity index (χ4n) is 2.61. The molecule has 21 heavy (non-hydrogen) atoms. The number of hydrogen-bond donors (Lipinski definition) is 3. The number of amides is 2. The molecule has 1 aromatic rings. The van der Waals surface area contributed by atoms with Crippen LogP contribution in [0.3, 0.4) is 0 Å². The first kappa shape index (κ1) is 15.7. The lowest BCUT2D eigenvalue weighted by Crippen LogP contribution is -3.17. The molecule has 0 saturated carbocycles. The van der Waals surface area contributed by atoms with Crippen LogP contribution in [0.5, 0.6) is 0 Å². The highest BCUT2D eigenvalue weighted by Crippen LogP contribution is 2.17. The van der Waals surface area contributed by atoms with Crippen molar-refractivity contribution in [1.82, 2.24) is 4.98 Å². The van der Waals surface area contributed by atoms with Gasteiger partial charge in [0, 0.05) is 25.0 Å². The molecule has 7 heteroatoms. The molecule has 6 nitrogen and oxygen atoms in total. The molecule has 0 bridgehead atoms. The van der Waals surface area contributed by atoms with Crippen LogP contribution < -0.4 is 16.0 Å². The molecule has 1 saturated heterocycles. The van der Waals surface area contributed by atoms with E-state index in [9.17, 15) is 9.59 Å². The number of likely N-dealkylation sites (tertiary alicyclic amines) is 1. The van der Waals surface area contributed by atoms with Gasteiger partial charge < -0.3 is 16.0 Å². The summed E-state index contributed by atoms with van der Waals surface area (Å²) in [6, 6.07) is 3.22. The number of pyridine rings is 1. The van der Waals surface area contributed by atoms with Gasteiger partial charge in [-0.1, -0.05) is 11.6 Å². The second-order valence-electron chi connectivity index (χ2n) is 5.39. The number of nitrogens with zero attached hydrogens (tertiary/aromatic N) is 1. The van der Waals surface area contributed by atoms with E-state index in [1.165, 1.54) is 0 Å². The van der Waals surface area contributed by atoms with E-state index in [1.807, 2.05) is 6.92 Å². The maximum Gasteiger partial charge on any atom is 0.282 e. The minimum absolute atomic E-state index is 0.0585. The molecule has 2 amide bonds. The van der Waals surface area contributed by atoms with Gasteiger partial charge in [0.15, 0.2) is 11.2 Å². The Balaban J connectivity index is 1.92. The number of nitrogens with two attached hydrogens (primary N) is 1. The fraction of sp³-hybridized carbons (Fsp3) is 0.500. The van der Waals surface area contributed by atoms with Gasteiger partial charge in [-0.05, 0) is 19.1 Å². The first-order chi connectivity index (χ1) is 9.99. The first-order valence-corrected chi connectivity index (χ1v) is 7.42. The zero-order valence-corrected chi connectivity index (χ0v) is 12.7. The minimum Gasteiger partial charge on any atom is -0.369 e. The Kier molecular flexibility index (Phi) is 5.14. The van der Waals surface area contributed by atoms with Crippen LogP contribution in [0.1, 0.15) is 19.8 Å². The monoisotopic (exact) mass is 311 g/mol. The van der Waals surface area contributed by atoms with E-state index in [0.717, 1.165) is 30.8 Å². The van der Waals surface area contributed by atoms with Crippen molar-refractivity contribution >= 4 is 29.1 Å². The van der Waals surface area contributed by atoms with E-state index in [0.29, 0.717) is 5.69 Å². The number of quaternary nitrogens is 1. The molecule has 0 radical (unpaired) electrons. The smallest absolute Gasteiger partial charge is 0.282 e. The maximum absolute atomic E-state index is 12.3. The number of piperidine rings is 1. The minimum atomic E-state index is -0.242. The van der Waals surface area contributed by atoms with Gasteiger partial charge >= 0.3 is 0 Å². The Labute approximate surface area is 128 Å². The van der Waals surface area contributed by atoms with Crippen LogP contribution in [0.15, 0.2) is 18.3 Å². The van der Waals surface area contributed by atoms with Crippen molar-refractivity contribution in [3.63, 3.8) is 0 Å². The summed E-state index contributed by atoms with van der Waals surface area (Å²) in [6.07, 6.45) is 3.03. The predicted molar refractivity (Wildman–Crippen MR) is 80.0 cm³/mol. The quantitative estimate of drug-likeness (QED) is 0.675. The van der Waals surface area contributed by atoms with Crippen LogP contribution in [0, 0.1) is 5.92 Å². The second kappa shape index (κ2) is 6.87. The molecular formula is C14H20ClN4O2+. The Morgan fingerprint density at radius 1 is 1.48 bits per heavy atom. The number of anilines is 1. The lowest BCUT2D eigenvalue weighted by molar-refractivity contribution is -0.919. The summed E-state index contributed by atoms with van der Waals surface area (Å²) in [5, 5.41) is 3.07. The third-order valence-corrected chi connectivity index (χ3v) is 4.35. The number of aromatic nitrogens is 1. The number of rotatable bonds is 4. The SMILES string of the molecule is C[C@H](C(=O)Nc1cccnc1Cl)[NH+]1CCC(C(N)=O)CC1. The molecule has 1 aliphatic rings. The van der Waals surface area contributed by atoms with Gasteiger partial charge in [-0.15, -0.1) is 0 Å². The zero-order chi connectivity index (χ0) is 15.4. The molecule has 2 rings (SSSR count). The standard InChI is InChI=1S/C14H19ClN4O2/c1-9(19-7-4-10(5-8-19)13(16)20)14(21)18-11-3-2-6-17-12(11)15/h2-3,6,9-10H,4-5,7-8H2,1H3,(H2,16,20)(H,18,21)/p+1/t9-/m1/s1. The van der Waals surface area contributed by atoms with Gasteiger partial charge in [0.1, 0.15) is 0 Å². The van der Waals surface area contributed by atoms with Crippen LogP contribution in [-0.2, 0) is 9.59 Å². The maximum atomic E-state index is 12.3. The summed E-state index contributed by atoms with van der Waals surface area (Å²) in [5.74, 6) is -0.400. The van der Waals surface area contributed by atoms with Crippen molar-refractivity contribution in [2.24, 2.45) is 11.7 Å². The average Bonchev–Trinajstić information content (AvgIpc) is 2.49. The first-order valence-electron chi connectivity index (χ1n) is 7.04. The Bertz CT molecular complexity index is 529. The highest BCUT2D eigenvalue weighted by molar-refractivity contribution is 6.32. The molecular weight excluding hydrogens is 292 g/mol. The summed E-state index contributed by atoms with van der Waals surface area (Å²) >= 11 is 5.93. The Morgan fingerprint density at radius 3 is 2.71 bits per heavy atom. The van der Waals surface area contributed by atoms with Crippen LogP contribution in [0.25, 0.3) is 0 Å². The molecule has 0 spiro atoms. The highest BCUT2D eigenvalue weighted by atomic mass is 35.5. The summed E-state index contributed by atoms with van der Waals surface area (Å²) in [5.41, 5.74) is 5.83. The summed E-state index contributed by atoms with van der Waals surface area (Å²) < 4.78 is 0. The normalized spacial score (nSPS) is 23.3.